The highest BCUT2D eigenvalue weighted by molar-refractivity contribution is 5.41. The van der Waals surface area contributed by atoms with Gasteiger partial charge in [0.15, 0.2) is 0 Å². The molecular weight excluding hydrogens is 265 g/mol. The van der Waals surface area contributed by atoms with Crippen molar-refractivity contribution in [3.05, 3.63) is 65.0 Å². The van der Waals surface area contributed by atoms with Gasteiger partial charge < -0.3 is 10.1 Å². The molecule has 1 unspecified atom stereocenters. The predicted molar refractivity (Wildman–Crippen MR) is 82.0 cm³/mol. The van der Waals surface area contributed by atoms with Gasteiger partial charge in [-0.1, -0.05) is 24.3 Å². The topological polar surface area (TPSA) is 21.3 Å². The first-order valence-electron chi connectivity index (χ1n) is 7.36. The number of methoxy groups -OCH3 is 1. The van der Waals surface area contributed by atoms with Gasteiger partial charge in [-0.25, -0.2) is 4.39 Å². The van der Waals surface area contributed by atoms with Gasteiger partial charge in [0.2, 0.25) is 0 Å². The predicted octanol–water partition coefficient (Wildman–Crippen LogP) is 4.17. The second-order valence-corrected chi connectivity index (χ2v) is 5.57. The van der Waals surface area contributed by atoms with Crippen LogP contribution in [0.15, 0.2) is 42.5 Å². The number of halogens is 1. The van der Waals surface area contributed by atoms with Gasteiger partial charge in [-0.15, -0.1) is 0 Å². The van der Waals surface area contributed by atoms with Crippen molar-refractivity contribution in [2.75, 3.05) is 7.11 Å². The quantitative estimate of drug-likeness (QED) is 0.910. The molecule has 1 aliphatic rings. The molecule has 1 aliphatic carbocycles. The second-order valence-electron chi connectivity index (χ2n) is 5.57. The van der Waals surface area contributed by atoms with Crippen molar-refractivity contribution in [2.24, 2.45) is 0 Å². The van der Waals surface area contributed by atoms with Crippen LogP contribution in [-0.2, 0) is 6.42 Å². The van der Waals surface area contributed by atoms with Gasteiger partial charge in [-0.2, -0.15) is 0 Å². The molecule has 0 amide bonds. The minimum Gasteiger partial charge on any atom is -0.497 e. The van der Waals surface area contributed by atoms with E-state index in [2.05, 4.69) is 17.4 Å². The summed E-state index contributed by atoms with van der Waals surface area (Å²) in [6, 6.07) is 13.4. The molecular formula is C18H20FNO. The molecule has 2 aromatic rings. The highest BCUT2D eigenvalue weighted by Crippen LogP contribution is 2.35. The molecule has 0 saturated heterocycles. The fraction of sp³-hybridized carbons (Fsp3) is 0.333. The lowest BCUT2D eigenvalue weighted by molar-refractivity contribution is 0.411. The number of hydrogen-bond acceptors (Lipinski definition) is 2. The van der Waals surface area contributed by atoms with E-state index in [0.717, 1.165) is 18.6 Å². The van der Waals surface area contributed by atoms with Gasteiger partial charge in [-0.05, 0) is 49.1 Å². The molecule has 2 aromatic carbocycles. The van der Waals surface area contributed by atoms with Crippen molar-refractivity contribution in [1.82, 2.24) is 5.32 Å². The van der Waals surface area contributed by atoms with Crippen LogP contribution in [0.3, 0.4) is 0 Å². The maximum Gasteiger partial charge on any atom is 0.127 e. The standard InChI is InChI=1S/C18H20FNO/c1-12(15-5-3-4-6-17(15)19)20-18-10-8-13-7-9-14(21-2)11-16(13)18/h3-7,9,11-12,18,20H,8,10H2,1-2H3/t12-,18?/m1/s1. The maximum absolute atomic E-state index is 13.9. The highest BCUT2D eigenvalue weighted by Gasteiger charge is 2.25. The first-order chi connectivity index (χ1) is 10.2. The van der Waals surface area contributed by atoms with E-state index in [4.69, 9.17) is 4.74 Å². The number of benzene rings is 2. The average molecular weight is 285 g/mol. The van der Waals surface area contributed by atoms with Crippen LogP contribution in [0.5, 0.6) is 5.75 Å². The summed E-state index contributed by atoms with van der Waals surface area (Å²) in [7, 11) is 1.68. The van der Waals surface area contributed by atoms with Gasteiger partial charge in [0.05, 0.1) is 7.11 Å². The van der Waals surface area contributed by atoms with Crippen LogP contribution < -0.4 is 10.1 Å². The van der Waals surface area contributed by atoms with E-state index in [-0.39, 0.29) is 17.9 Å². The Hall–Kier alpha value is -1.87. The third-order valence-electron chi connectivity index (χ3n) is 4.25. The van der Waals surface area contributed by atoms with Crippen molar-refractivity contribution in [1.29, 1.82) is 0 Å². The molecule has 0 bridgehead atoms. The largest absolute Gasteiger partial charge is 0.497 e. The van der Waals surface area contributed by atoms with Gasteiger partial charge in [-0.3, -0.25) is 0 Å². The summed E-state index contributed by atoms with van der Waals surface area (Å²) < 4.78 is 19.2. The summed E-state index contributed by atoms with van der Waals surface area (Å²) in [6.07, 6.45) is 2.10. The summed E-state index contributed by atoms with van der Waals surface area (Å²) >= 11 is 0. The van der Waals surface area contributed by atoms with Crippen LogP contribution in [0.4, 0.5) is 4.39 Å². The molecule has 0 aromatic heterocycles. The van der Waals surface area contributed by atoms with E-state index >= 15 is 0 Å². The fourth-order valence-electron chi connectivity index (χ4n) is 3.10. The maximum atomic E-state index is 13.9. The Balaban J connectivity index is 1.80. The number of aryl methyl sites for hydroxylation is 1. The first-order valence-corrected chi connectivity index (χ1v) is 7.36. The zero-order chi connectivity index (χ0) is 14.8. The molecule has 110 valence electrons. The number of ether oxygens (including phenoxy) is 1. The first kappa shape index (κ1) is 14.1. The molecule has 2 nitrogen and oxygen atoms in total. The van der Waals surface area contributed by atoms with Crippen molar-refractivity contribution in [3.63, 3.8) is 0 Å². The zero-order valence-corrected chi connectivity index (χ0v) is 12.4. The minimum atomic E-state index is -0.152. The molecule has 0 radical (unpaired) electrons. The van der Waals surface area contributed by atoms with Crippen LogP contribution in [0.25, 0.3) is 0 Å². The summed E-state index contributed by atoms with van der Waals surface area (Å²) in [4.78, 5) is 0. The van der Waals surface area contributed by atoms with E-state index in [1.807, 2.05) is 25.1 Å². The number of rotatable bonds is 4. The monoisotopic (exact) mass is 285 g/mol. The molecule has 3 rings (SSSR count). The van der Waals surface area contributed by atoms with Crippen LogP contribution in [-0.4, -0.2) is 7.11 Å². The number of fused-ring (bicyclic) bond motifs is 1. The van der Waals surface area contributed by atoms with Crippen LogP contribution in [0, 0.1) is 5.82 Å². The third kappa shape index (κ3) is 2.79. The zero-order valence-electron chi connectivity index (χ0n) is 12.4. The number of hydrogen-bond donors (Lipinski definition) is 1. The van der Waals surface area contributed by atoms with E-state index < -0.39 is 0 Å². The van der Waals surface area contributed by atoms with E-state index in [1.54, 1.807) is 13.2 Å². The lowest BCUT2D eigenvalue weighted by Gasteiger charge is -2.21. The van der Waals surface area contributed by atoms with Crippen molar-refractivity contribution < 1.29 is 9.13 Å². The van der Waals surface area contributed by atoms with Crippen LogP contribution >= 0.6 is 0 Å². The normalized spacial score (nSPS) is 18.3. The lowest BCUT2D eigenvalue weighted by atomic mass is 10.0. The van der Waals surface area contributed by atoms with Crippen LogP contribution in [0.2, 0.25) is 0 Å². The van der Waals surface area contributed by atoms with Gasteiger partial charge >= 0.3 is 0 Å². The summed E-state index contributed by atoms with van der Waals surface area (Å²) in [5.74, 6) is 0.724. The molecule has 3 heteroatoms. The molecule has 0 heterocycles. The Kier molecular flexibility index (Phi) is 3.93. The lowest BCUT2D eigenvalue weighted by Crippen LogP contribution is -2.23. The Morgan fingerprint density at radius 1 is 1.24 bits per heavy atom. The molecule has 0 saturated carbocycles. The second kappa shape index (κ2) is 5.86. The molecule has 0 fully saturated rings. The van der Waals surface area contributed by atoms with Crippen molar-refractivity contribution in [3.8, 4) is 5.75 Å². The summed E-state index contributed by atoms with van der Waals surface area (Å²) in [6.45, 7) is 2.01. The smallest absolute Gasteiger partial charge is 0.127 e. The van der Waals surface area contributed by atoms with Gasteiger partial charge in [0.1, 0.15) is 11.6 Å². The Morgan fingerprint density at radius 3 is 2.81 bits per heavy atom. The summed E-state index contributed by atoms with van der Waals surface area (Å²) in [5, 5.41) is 3.55. The summed E-state index contributed by atoms with van der Waals surface area (Å²) in [5.41, 5.74) is 3.35. The third-order valence-corrected chi connectivity index (χ3v) is 4.25. The Morgan fingerprint density at radius 2 is 2.05 bits per heavy atom. The molecule has 0 spiro atoms. The molecule has 2 atom stereocenters. The molecule has 1 N–H and O–H groups in total. The molecule has 21 heavy (non-hydrogen) atoms. The van der Waals surface area contributed by atoms with Crippen molar-refractivity contribution >= 4 is 0 Å². The molecule has 0 aliphatic heterocycles. The van der Waals surface area contributed by atoms with Crippen molar-refractivity contribution in [2.45, 2.75) is 31.8 Å². The van der Waals surface area contributed by atoms with Crippen LogP contribution in [0.1, 0.15) is 42.1 Å². The fourth-order valence-corrected chi connectivity index (χ4v) is 3.10. The van der Waals surface area contributed by atoms with Gasteiger partial charge in [0, 0.05) is 17.6 Å². The SMILES string of the molecule is COc1ccc2c(c1)C(N[C@H](C)c1ccccc1F)CC2. The van der Waals surface area contributed by atoms with E-state index in [0.29, 0.717) is 5.56 Å². The number of nitrogens with one attached hydrogen (secondary N) is 1. The minimum absolute atomic E-state index is 0.0200. The van der Waals surface area contributed by atoms with E-state index in [1.165, 1.54) is 17.2 Å². The Labute approximate surface area is 125 Å². The van der Waals surface area contributed by atoms with E-state index in [9.17, 15) is 4.39 Å². The Bertz CT molecular complexity index is 641. The highest BCUT2D eigenvalue weighted by atomic mass is 19.1. The average Bonchev–Trinajstić information content (AvgIpc) is 2.90. The van der Waals surface area contributed by atoms with Gasteiger partial charge in [0.25, 0.3) is 0 Å².